The van der Waals surface area contributed by atoms with Gasteiger partial charge in [-0.25, -0.2) is 0 Å². The Morgan fingerprint density at radius 1 is 1.19 bits per heavy atom. The molecule has 37 heavy (non-hydrogen) atoms. The van der Waals surface area contributed by atoms with Crippen LogP contribution in [0.4, 0.5) is 11.4 Å². The van der Waals surface area contributed by atoms with E-state index >= 15 is 0 Å². The number of amides is 1. The smallest absolute Gasteiger partial charge is 0.339 e. The van der Waals surface area contributed by atoms with Gasteiger partial charge in [-0.15, -0.1) is 0 Å². The third kappa shape index (κ3) is 6.69. The van der Waals surface area contributed by atoms with Crippen LogP contribution >= 0.6 is 45.8 Å². The van der Waals surface area contributed by atoms with Gasteiger partial charge in [-0.05, 0) is 70.6 Å². The van der Waals surface area contributed by atoms with Crippen molar-refractivity contribution in [1.29, 1.82) is 5.26 Å². The van der Waals surface area contributed by atoms with Gasteiger partial charge in [0.2, 0.25) is 0 Å². The maximum absolute atomic E-state index is 12.7. The van der Waals surface area contributed by atoms with Gasteiger partial charge in [0.05, 0.1) is 31.3 Å². The summed E-state index contributed by atoms with van der Waals surface area (Å²) in [4.78, 5) is 22.5. The zero-order valence-corrected chi connectivity index (χ0v) is 23.1. The number of halogens is 3. The van der Waals surface area contributed by atoms with Gasteiger partial charge in [0.1, 0.15) is 16.5 Å². The van der Waals surface area contributed by atoms with E-state index in [1.165, 1.54) is 31.4 Å². The number of carbonyl (C=O) groups is 1. The fourth-order valence-corrected chi connectivity index (χ4v) is 5.09. The highest BCUT2D eigenvalue weighted by Gasteiger charge is 2.23. The van der Waals surface area contributed by atoms with E-state index in [1.54, 1.807) is 18.2 Å². The Balaban J connectivity index is 1.91. The predicted molar refractivity (Wildman–Crippen MR) is 145 cm³/mol. The van der Waals surface area contributed by atoms with Crippen molar-refractivity contribution in [3.8, 4) is 17.6 Å². The van der Waals surface area contributed by atoms with E-state index in [0.717, 1.165) is 24.3 Å². The molecular formula is C23H14Cl2IN3O7S. The molecule has 0 bridgehead atoms. The second-order valence-electron chi connectivity index (χ2n) is 7.05. The molecule has 1 amide bonds. The van der Waals surface area contributed by atoms with Crippen molar-refractivity contribution in [2.45, 2.75) is 4.90 Å². The lowest BCUT2D eigenvalue weighted by Crippen LogP contribution is -2.14. The molecule has 0 atom stereocenters. The van der Waals surface area contributed by atoms with E-state index in [4.69, 9.17) is 32.1 Å². The normalized spacial score (nSPS) is 11.4. The number of benzene rings is 3. The lowest BCUT2D eigenvalue weighted by atomic mass is 10.1. The van der Waals surface area contributed by atoms with Crippen LogP contribution in [-0.2, 0) is 14.9 Å². The highest BCUT2D eigenvalue weighted by atomic mass is 127. The number of anilines is 1. The number of rotatable bonds is 8. The summed E-state index contributed by atoms with van der Waals surface area (Å²) in [6, 6.07) is 13.5. The third-order valence-corrected chi connectivity index (χ3v) is 7.51. The van der Waals surface area contributed by atoms with Crippen molar-refractivity contribution in [1.82, 2.24) is 0 Å². The quantitative estimate of drug-likeness (QED) is 0.0784. The van der Waals surface area contributed by atoms with E-state index in [1.807, 2.05) is 22.6 Å². The number of nitrogens with zero attached hydrogens (tertiary/aromatic N) is 2. The molecule has 0 aromatic heterocycles. The first kappa shape index (κ1) is 28.2. The van der Waals surface area contributed by atoms with E-state index in [0.29, 0.717) is 5.56 Å². The van der Waals surface area contributed by atoms with Crippen LogP contribution < -0.4 is 14.2 Å². The van der Waals surface area contributed by atoms with Crippen molar-refractivity contribution >= 4 is 79.3 Å². The molecule has 0 heterocycles. The minimum atomic E-state index is -4.37. The zero-order valence-electron chi connectivity index (χ0n) is 18.6. The topological polar surface area (TPSA) is 149 Å². The van der Waals surface area contributed by atoms with Gasteiger partial charge >= 0.3 is 10.1 Å². The molecule has 10 nitrogen and oxygen atoms in total. The average molecular weight is 674 g/mol. The Morgan fingerprint density at radius 3 is 2.46 bits per heavy atom. The molecule has 0 aliphatic heterocycles. The number of methoxy groups -OCH3 is 1. The molecule has 0 radical (unpaired) electrons. The fraction of sp³-hybridized carbons (Fsp3) is 0.0435. The van der Waals surface area contributed by atoms with Gasteiger partial charge in [-0.3, -0.25) is 14.9 Å². The van der Waals surface area contributed by atoms with E-state index in [2.05, 4.69) is 5.32 Å². The molecule has 0 saturated heterocycles. The number of ether oxygens (including phenoxy) is 1. The molecule has 0 fully saturated rings. The van der Waals surface area contributed by atoms with Crippen LogP contribution in [0.2, 0.25) is 10.0 Å². The summed E-state index contributed by atoms with van der Waals surface area (Å²) in [7, 11) is -3.09. The molecule has 0 aliphatic rings. The molecule has 0 saturated carbocycles. The first-order valence-corrected chi connectivity index (χ1v) is 13.1. The summed E-state index contributed by atoms with van der Waals surface area (Å²) in [5, 5.41) is 23.2. The average Bonchev–Trinajstić information content (AvgIpc) is 2.86. The van der Waals surface area contributed by atoms with Crippen LogP contribution in [0.25, 0.3) is 6.08 Å². The lowest BCUT2D eigenvalue weighted by molar-refractivity contribution is -0.384. The van der Waals surface area contributed by atoms with Crippen LogP contribution in [0.3, 0.4) is 0 Å². The van der Waals surface area contributed by atoms with Crippen LogP contribution in [0, 0.1) is 25.0 Å². The highest BCUT2D eigenvalue weighted by molar-refractivity contribution is 14.1. The number of nitro groups is 1. The summed E-state index contributed by atoms with van der Waals surface area (Å²) < 4.78 is 36.3. The van der Waals surface area contributed by atoms with Crippen LogP contribution in [-0.4, -0.2) is 26.4 Å². The SMILES string of the molecule is COc1cc(/C=C(\C#N)C(=O)Nc2cccc(Cl)c2Cl)cc(I)c1OS(=O)(=O)c1ccc([N+](=O)[O-])cc1. The number of hydrogen-bond donors (Lipinski definition) is 1. The van der Waals surface area contributed by atoms with Gasteiger partial charge in [-0.2, -0.15) is 13.7 Å². The minimum Gasteiger partial charge on any atom is -0.493 e. The predicted octanol–water partition coefficient (Wildman–Crippen LogP) is 5.83. The van der Waals surface area contributed by atoms with Gasteiger partial charge < -0.3 is 14.2 Å². The maximum Gasteiger partial charge on any atom is 0.339 e. The molecule has 3 rings (SSSR count). The third-order valence-electron chi connectivity index (χ3n) is 4.66. The van der Waals surface area contributed by atoms with Crippen molar-refractivity contribution in [2.75, 3.05) is 12.4 Å². The maximum atomic E-state index is 12.7. The molecular weight excluding hydrogens is 660 g/mol. The molecule has 14 heteroatoms. The number of non-ortho nitro benzene ring substituents is 1. The van der Waals surface area contributed by atoms with Crippen molar-refractivity contribution in [3.05, 3.63) is 89.5 Å². The second-order valence-corrected chi connectivity index (χ2v) is 10.5. The summed E-state index contributed by atoms with van der Waals surface area (Å²) in [5.41, 5.74) is -0.00353. The van der Waals surface area contributed by atoms with Crippen molar-refractivity contribution < 1.29 is 27.1 Å². The van der Waals surface area contributed by atoms with Gasteiger partial charge in [0.15, 0.2) is 11.5 Å². The summed E-state index contributed by atoms with van der Waals surface area (Å²) in [6.07, 6.45) is 1.27. The fourth-order valence-electron chi connectivity index (χ4n) is 2.90. The Morgan fingerprint density at radius 2 is 1.86 bits per heavy atom. The number of nitro benzene ring substituents is 1. The van der Waals surface area contributed by atoms with Gasteiger partial charge in [0, 0.05) is 12.1 Å². The summed E-state index contributed by atoms with van der Waals surface area (Å²) in [6.45, 7) is 0. The molecule has 1 N–H and O–H groups in total. The molecule has 190 valence electrons. The van der Waals surface area contributed by atoms with E-state index in [9.17, 15) is 28.6 Å². The largest absolute Gasteiger partial charge is 0.493 e. The first-order chi connectivity index (χ1) is 17.5. The van der Waals surface area contributed by atoms with Crippen molar-refractivity contribution in [3.63, 3.8) is 0 Å². The van der Waals surface area contributed by atoms with E-state index in [-0.39, 0.29) is 47.0 Å². The lowest BCUT2D eigenvalue weighted by Gasteiger charge is -2.14. The number of hydrogen-bond acceptors (Lipinski definition) is 8. The summed E-state index contributed by atoms with van der Waals surface area (Å²) >= 11 is 13.8. The van der Waals surface area contributed by atoms with Gasteiger partial charge in [0.25, 0.3) is 11.6 Å². The van der Waals surface area contributed by atoms with Crippen molar-refractivity contribution in [2.24, 2.45) is 0 Å². The first-order valence-electron chi connectivity index (χ1n) is 9.90. The molecule has 0 unspecified atom stereocenters. The van der Waals surface area contributed by atoms with Crippen LogP contribution in [0.1, 0.15) is 5.56 Å². The number of nitrogens with one attached hydrogen (secondary N) is 1. The molecule has 0 spiro atoms. The van der Waals surface area contributed by atoms with Crippen LogP contribution in [0.5, 0.6) is 11.5 Å². The Bertz CT molecular complexity index is 1570. The standard InChI is InChI=1S/C23H14Cl2IN3O7S/c1-35-20-11-13(9-14(12-27)23(30)28-19-4-2-3-17(24)21(19)25)10-18(26)22(20)36-37(33,34)16-7-5-15(6-8-16)29(31)32/h2-11H,1H3,(H,28,30)/b14-9+. The summed E-state index contributed by atoms with van der Waals surface area (Å²) in [5.74, 6) is -0.895. The molecule has 3 aromatic carbocycles. The van der Waals surface area contributed by atoms with Gasteiger partial charge in [-0.1, -0.05) is 29.3 Å². The highest BCUT2D eigenvalue weighted by Crippen LogP contribution is 2.37. The molecule has 0 aliphatic carbocycles. The second kappa shape index (κ2) is 11.8. The Labute approximate surface area is 234 Å². The Kier molecular flexibility index (Phi) is 8.98. The monoisotopic (exact) mass is 673 g/mol. The van der Waals surface area contributed by atoms with Crippen LogP contribution in [0.15, 0.2) is 65.1 Å². The number of carbonyl (C=O) groups excluding carboxylic acids is 1. The molecule has 3 aromatic rings. The zero-order chi connectivity index (χ0) is 27.3. The number of nitriles is 1. The Hall–Kier alpha value is -3.38. The minimum absolute atomic E-state index is 0.000722. The van der Waals surface area contributed by atoms with E-state index < -0.39 is 20.9 Å².